The zero-order valence-electron chi connectivity index (χ0n) is 24.8. The number of methoxy groups -OCH3 is 3. The van der Waals surface area contributed by atoms with Crippen LogP contribution in [-0.4, -0.2) is 74.3 Å². The molecule has 10 nitrogen and oxygen atoms in total. The molecule has 2 saturated heterocycles. The second-order valence-electron chi connectivity index (χ2n) is 11.7. The number of fused-ring (bicyclic) bond motifs is 1. The van der Waals surface area contributed by atoms with E-state index in [4.69, 9.17) is 18.9 Å². The van der Waals surface area contributed by atoms with E-state index < -0.39 is 29.6 Å². The van der Waals surface area contributed by atoms with Gasteiger partial charge in [-0.1, -0.05) is 37.5 Å². The first-order valence-electron chi connectivity index (χ1n) is 15.0. The van der Waals surface area contributed by atoms with Gasteiger partial charge < -0.3 is 34.5 Å². The fourth-order valence-corrected chi connectivity index (χ4v) is 7.22. The van der Waals surface area contributed by atoms with Crippen LogP contribution in [0.4, 0.5) is 5.69 Å². The standard InChI is InChI=1S/C33H39N3O7/c1-40-23-12-10-22(11-13-23)34-30(37)27-25-15-17-33(43-25)28(27)32(39)36(29(33)31(38)35-21-7-5-4-6-8-21)18-16-20-9-14-24(41-2)26(19-20)42-3/h9-15,17,19,21,25,27-29H,4-8,16,18H2,1-3H3,(H,34,37)(H,35,38). The minimum Gasteiger partial charge on any atom is -0.497 e. The predicted octanol–water partition coefficient (Wildman–Crippen LogP) is 3.49. The van der Waals surface area contributed by atoms with Crippen molar-refractivity contribution in [1.29, 1.82) is 0 Å². The number of hydrogen-bond donors (Lipinski definition) is 2. The molecule has 2 aromatic carbocycles. The minimum absolute atomic E-state index is 0.0660. The molecule has 3 fully saturated rings. The van der Waals surface area contributed by atoms with Gasteiger partial charge in [0, 0.05) is 18.3 Å². The number of rotatable bonds is 10. The van der Waals surface area contributed by atoms with Crippen molar-refractivity contribution < 1.29 is 33.3 Å². The summed E-state index contributed by atoms with van der Waals surface area (Å²) in [5.74, 6) is -0.483. The van der Waals surface area contributed by atoms with Gasteiger partial charge in [0.2, 0.25) is 17.7 Å². The van der Waals surface area contributed by atoms with Gasteiger partial charge in [-0.25, -0.2) is 0 Å². The highest BCUT2D eigenvalue weighted by Crippen LogP contribution is 2.55. The van der Waals surface area contributed by atoms with Crippen LogP contribution in [0.1, 0.15) is 37.7 Å². The Kier molecular flexibility index (Phi) is 8.05. The molecular formula is C33H39N3O7. The normalized spacial score (nSPS) is 27.6. The van der Waals surface area contributed by atoms with Crippen molar-refractivity contribution in [3.8, 4) is 17.2 Å². The highest BCUT2D eigenvalue weighted by Gasteiger charge is 2.72. The number of ether oxygens (including phenoxy) is 4. The van der Waals surface area contributed by atoms with E-state index in [0.29, 0.717) is 29.4 Å². The van der Waals surface area contributed by atoms with E-state index in [1.54, 1.807) is 50.5 Å². The minimum atomic E-state index is -1.21. The summed E-state index contributed by atoms with van der Waals surface area (Å²) in [6, 6.07) is 11.8. The monoisotopic (exact) mass is 589 g/mol. The third-order valence-electron chi connectivity index (χ3n) is 9.32. The predicted molar refractivity (Wildman–Crippen MR) is 159 cm³/mol. The third kappa shape index (κ3) is 5.22. The Morgan fingerprint density at radius 2 is 1.70 bits per heavy atom. The maximum Gasteiger partial charge on any atom is 0.246 e. The van der Waals surface area contributed by atoms with Crippen LogP contribution in [0.2, 0.25) is 0 Å². The van der Waals surface area contributed by atoms with Crippen LogP contribution in [-0.2, 0) is 25.5 Å². The number of carbonyl (C=O) groups is 3. The van der Waals surface area contributed by atoms with Crippen LogP contribution in [0.5, 0.6) is 17.2 Å². The highest BCUT2D eigenvalue weighted by atomic mass is 16.5. The van der Waals surface area contributed by atoms with E-state index in [1.807, 2.05) is 30.4 Å². The largest absolute Gasteiger partial charge is 0.497 e. The quantitative estimate of drug-likeness (QED) is 0.408. The van der Waals surface area contributed by atoms with Gasteiger partial charge in [0.05, 0.1) is 39.3 Å². The van der Waals surface area contributed by atoms with Crippen molar-refractivity contribution in [3.63, 3.8) is 0 Å². The van der Waals surface area contributed by atoms with Gasteiger partial charge in [-0.05, 0) is 61.2 Å². The van der Waals surface area contributed by atoms with Gasteiger partial charge in [-0.15, -0.1) is 0 Å². The van der Waals surface area contributed by atoms with Crippen molar-refractivity contribution in [1.82, 2.24) is 10.2 Å². The molecule has 2 aromatic rings. The van der Waals surface area contributed by atoms with Crippen molar-refractivity contribution in [3.05, 3.63) is 60.2 Å². The topological polar surface area (TPSA) is 115 Å². The number of nitrogens with one attached hydrogen (secondary N) is 2. The lowest BCUT2D eigenvalue weighted by molar-refractivity contribution is -0.141. The van der Waals surface area contributed by atoms with Crippen molar-refractivity contribution in [2.75, 3.05) is 33.2 Å². The maximum absolute atomic E-state index is 14.3. The SMILES string of the molecule is COc1ccc(NC(=O)C2C3C=CC4(O3)C2C(=O)N(CCc2ccc(OC)c(OC)c2)C4C(=O)NC2CCCCC2)cc1. The summed E-state index contributed by atoms with van der Waals surface area (Å²) in [4.78, 5) is 43.6. The summed E-state index contributed by atoms with van der Waals surface area (Å²) < 4.78 is 22.5. The van der Waals surface area contributed by atoms with Gasteiger partial charge >= 0.3 is 0 Å². The Hall–Kier alpha value is -4.05. The van der Waals surface area contributed by atoms with Gasteiger partial charge in [0.15, 0.2) is 11.5 Å². The molecule has 10 heteroatoms. The zero-order chi connectivity index (χ0) is 30.1. The molecule has 4 aliphatic rings. The Morgan fingerprint density at radius 3 is 2.40 bits per heavy atom. The second-order valence-corrected chi connectivity index (χ2v) is 11.7. The molecule has 6 rings (SSSR count). The molecular weight excluding hydrogens is 550 g/mol. The highest BCUT2D eigenvalue weighted by molar-refractivity contribution is 6.02. The molecule has 5 atom stereocenters. The van der Waals surface area contributed by atoms with E-state index in [1.165, 1.54) is 0 Å². The molecule has 0 radical (unpaired) electrons. The van der Waals surface area contributed by atoms with Crippen molar-refractivity contribution in [2.45, 2.75) is 62.3 Å². The maximum atomic E-state index is 14.3. The molecule has 2 N–H and O–H groups in total. The fourth-order valence-electron chi connectivity index (χ4n) is 7.22. The molecule has 228 valence electrons. The second kappa shape index (κ2) is 11.9. The molecule has 3 aliphatic heterocycles. The van der Waals surface area contributed by atoms with Gasteiger partial charge in [-0.2, -0.15) is 0 Å². The lowest BCUT2D eigenvalue weighted by atomic mass is 9.74. The Bertz CT molecular complexity index is 1400. The smallest absolute Gasteiger partial charge is 0.246 e. The lowest BCUT2D eigenvalue weighted by Gasteiger charge is -2.34. The van der Waals surface area contributed by atoms with Gasteiger partial charge in [-0.3, -0.25) is 14.4 Å². The number of carbonyl (C=O) groups excluding carboxylic acids is 3. The fraction of sp³-hybridized carbons (Fsp3) is 0.485. The summed E-state index contributed by atoms with van der Waals surface area (Å²) in [7, 11) is 4.74. The first-order valence-corrected chi connectivity index (χ1v) is 15.0. The molecule has 43 heavy (non-hydrogen) atoms. The number of likely N-dealkylation sites (tertiary alicyclic amines) is 1. The molecule has 1 aliphatic carbocycles. The molecule has 1 spiro atoms. The molecule has 5 unspecified atom stereocenters. The summed E-state index contributed by atoms with van der Waals surface area (Å²) >= 11 is 0. The van der Waals surface area contributed by atoms with E-state index >= 15 is 0 Å². The molecule has 0 aromatic heterocycles. The number of benzene rings is 2. The Balaban J connectivity index is 1.28. The number of nitrogens with zero attached hydrogens (tertiary/aromatic N) is 1. The van der Waals surface area contributed by atoms with Crippen LogP contribution in [0, 0.1) is 11.8 Å². The zero-order valence-corrected chi connectivity index (χ0v) is 24.8. The molecule has 2 bridgehead atoms. The Morgan fingerprint density at radius 1 is 0.953 bits per heavy atom. The average Bonchev–Trinajstić information content (AvgIpc) is 3.67. The summed E-state index contributed by atoms with van der Waals surface area (Å²) in [5.41, 5.74) is 0.315. The van der Waals surface area contributed by atoms with E-state index in [-0.39, 0.29) is 30.3 Å². The number of hydrogen-bond acceptors (Lipinski definition) is 7. The van der Waals surface area contributed by atoms with Crippen LogP contribution >= 0.6 is 0 Å². The van der Waals surface area contributed by atoms with Crippen molar-refractivity contribution in [2.24, 2.45) is 11.8 Å². The van der Waals surface area contributed by atoms with Gasteiger partial charge in [0.1, 0.15) is 17.4 Å². The first-order chi connectivity index (χ1) is 20.9. The van der Waals surface area contributed by atoms with E-state index in [2.05, 4.69) is 10.6 Å². The van der Waals surface area contributed by atoms with E-state index in [0.717, 1.165) is 37.7 Å². The van der Waals surface area contributed by atoms with Crippen molar-refractivity contribution >= 4 is 23.4 Å². The van der Waals surface area contributed by atoms with Crippen LogP contribution in [0.15, 0.2) is 54.6 Å². The van der Waals surface area contributed by atoms with Crippen LogP contribution in [0.25, 0.3) is 0 Å². The summed E-state index contributed by atoms with van der Waals surface area (Å²) in [5, 5.41) is 6.18. The average molecular weight is 590 g/mol. The summed E-state index contributed by atoms with van der Waals surface area (Å²) in [6.45, 7) is 0.282. The first kappa shape index (κ1) is 29.0. The third-order valence-corrected chi connectivity index (χ3v) is 9.32. The van der Waals surface area contributed by atoms with E-state index in [9.17, 15) is 14.4 Å². The Labute approximate surface area is 251 Å². The van der Waals surface area contributed by atoms with Crippen LogP contribution in [0.3, 0.4) is 0 Å². The molecule has 3 amide bonds. The number of amides is 3. The number of anilines is 1. The molecule has 1 saturated carbocycles. The molecule has 3 heterocycles. The lowest BCUT2D eigenvalue weighted by Crippen LogP contribution is -2.56. The summed E-state index contributed by atoms with van der Waals surface area (Å²) in [6.07, 6.45) is 8.70. The van der Waals surface area contributed by atoms with Gasteiger partial charge in [0.25, 0.3) is 0 Å². The van der Waals surface area contributed by atoms with Crippen LogP contribution < -0.4 is 24.8 Å².